The van der Waals surface area contributed by atoms with Crippen LogP contribution in [0.3, 0.4) is 0 Å². The summed E-state index contributed by atoms with van der Waals surface area (Å²) < 4.78 is 0. The molecule has 0 aromatic carbocycles. The first-order valence-electron chi connectivity index (χ1n) is 6.34. The molecular weight excluding hydrogens is 228 g/mol. The van der Waals surface area contributed by atoms with Crippen LogP contribution in [0.2, 0.25) is 0 Å². The van der Waals surface area contributed by atoms with Gasteiger partial charge in [0.15, 0.2) is 0 Å². The maximum atomic E-state index is 5.40. The van der Waals surface area contributed by atoms with Gasteiger partial charge >= 0.3 is 0 Å². The highest BCUT2D eigenvalue weighted by Crippen LogP contribution is 2.25. The Morgan fingerprint density at radius 1 is 1.50 bits per heavy atom. The minimum atomic E-state index is 0.487. The van der Waals surface area contributed by atoms with Crippen molar-refractivity contribution in [1.29, 1.82) is 0 Å². The third-order valence-electron chi connectivity index (χ3n) is 3.22. The molecule has 1 unspecified atom stereocenters. The van der Waals surface area contributed by atoms with Crippen molar-refractivity contribution in [3.63, 3.8) is 0 Å². The summed E-state index contributed by atoms with van der Waals surface area (Å²) in [5.74, 6) is 6.86. The van der Waals surface area contributed by atoms with Crippen molar-refractivity contribution in [2.45, 2.75) is 25.8 Å². The second kappa shape index (κ2) is 5.49. The standard InChI is InChI=1S/C12H22N6/c1-9-7-11(15-12(14-9)16-13)18-6-4-5-10(18)8-17(2)3/h7,10H,4-6,8,13H2,1-3H3,(H,14,15,16). The van der Waals surface area contributed by atoms with E-state index in [4.69, 9.17) is 5.84 Å². The van der Waals surface area contributed by atoms with Crippen molar-refractivity contribution in [2.75, 3.05) is 37.5 Å². The van der Waals surface area contributed by atoms with Gasteiger partial charge in [-0.3, -0.25) is 5.43 Å². The summed E-state index contributed by atoms with van der Waals surface area (Å²) in [4.78, 5) is 13.3. The van der Waals surface area contributed by atoms with Crippen LogP contribution in [0, 0.1) is 6.92 Å². The fourth-order valence-corrected chi connectivity index (χ4v) is 2.51. The van der Waals surface area contributed by atoms with Gasteiger partial charge < -0.3 is 9.80 Å². The first-order chi connectivity index (χ1) is 8.60. The number of aryl methyl sites for hydroxylation is 1. The molecule has 0 bridgehead atoms. The number of nitrogen functional groups attached to an aromatic ring is 1. The summed E-state index contributed by atoms with van der Waals surface area (Å²) in [6.07, 6.45) is 2.43. The lowest BCUT2D eigenvalue weighted by atomic mass is 10.2. The van der Waals surface area contributed by atoms with E-state index in [0.29, 0.717) is 12.0 Å². The van der Waals surface area contributed by atoms with Crippen LogP contribution in [0.1, 0.15) is 18.5 Å². The minimum absolute atomic E-state index is 0.487. The van der Waals surface area contributed by atoms with E-state index in [9.17, 15) is 0 Å². The fraction of sp³-hybridized carbons (Fsp3) is 0.667. The van der Waals surface area contributed by atoms with Gasteiger partial charge in [0.05, 0.1) is 0 Å². The summed E-state index contributed by atoms with van der Waals surface area (Å²) >= 11 is 0. The van der Waals surface area contributed by atoms with Gasteiger partial charge in [0, 0.05) is 30.9 Å². The van der Waals surface area contributed by atoms with Crippen molar-refractivity contribution in [1.82, 2.24) is 14.9 Å². The summed E-state index contributed by atoms with van der Waals surface area (Å²) in [5, 5.41) is 0. The average Bonchev–Trinajstić information content (AvgIpc) is 2.75. The molecule has 0 amide bonds. The Balaban J connectivity index is 2.21. The second-order valence-electron chi connectivity index (χ2n) is 5.09. The van der Waals surface area contributed by atoms with Crippen molar-refractivity contribution < 1.29 is 0 Å². The molecule has 2 rings (SSSR count). The highest BCUT2D eigenvalue weighted by atomic mass is 15.3. The molecule has 3 N–H and O–H groups in total. The van der Waals surface area contributed by atoms with Gasteiger partial charge in [-0.15, -0.1) is 0 Å². The number of hydrazine groups is 1. The molecule has 1 aromatic heterocycles. The molecular formula is C12H22N6. The Bertz CT molecular complexity index is 406. The first kappa shape index (κ1) is 13.0. The number of nitrogens with one attached hydrogen (secondary N) is 1. The molecule has 1 aromatic rings. The van der Waals surface area contributed by atoms with Crippen molar-refractivity contribution in [2.24, 2.45) is 5.84 Å². The largest absolute Gasteiger partial charge is 0.352 e. The summed E-state index contributed by atoms with van der Waals surface area (Å²) in [6.45, 7) is 4.07. The molecule has 1 fully saturated rings. The Labute approximate surface area is 108 Å². The molecule has 0 spiro atoms. The number of aromatic nitrogens is 2. The number of likely N-dealkylation sites (N-methyl/N-ethyl adjacent to an activating group) is 1. The number of nitrogens with zero attached hydrogens (tertiary/aromatic N) is 4. The maximum absolute atomic E-state index is 5.40. The Morgan fingerprint density at radius 2 is 2.28 bits per heavy atom. The third kappa shape index (κ3) is 2.88. The molecule has 1 atom stereocenters. The number of rotatable bonds is 4. The predicted molar refractivity (Wildman–Crippen MR) is 73.5 cm³/mol. The quantitative estimate of drug-likeness (QED) is 0.602. The van der Waals surface area contributed by atoms with E-state index in [0.717, 1.165) is 24.6 Å². The molecule has 100 valence electrons. The zero-order chi connectivity index (χ0) is 13.1. The Morgan fingerprint density at radius 3 is 2.94 bits per heavy atom. The van der Waals surface area contributed by atoms with E-state index >= 15 is 0 Å². The highest BCUT2D eigenvalue weighted by Gasteiger charge is 2.26. The zero-order valence-electron chi connectivity index (χ0n) is 11.3. The fourth-order valence-electron chi connectivity index (χ4n) is 2.51. The van der Waals surface area contributed by atoms with Crippen LogP contribution < -0.4 is 16.2 Å². The normalized spacial score (nSPS) is 19.6. The third-order valence-corrected chi connectivity index (χ3v) is 3.22. The summed E-state index contributed by atoms with van der Waals surface area (Å²) in [6, 6.07) is 2.55. The number of hydrogen-bond acceptors (Lipinski definition) is 6. The van der Waals surface area contributed by atoms with Crippen LogP contribution in [-0.2, 0) is 0 Å². The molecule has 1 aliphatic heterocycles. The smallest absolute Gasteiger partial charge is 0.239 e. The monoisotopic (exact) mass is 250 g/mol. The minimum Gasteiger partial charge on any atom is -0.352 e. The molecule has 6 nitrogen and oxygen atoms in total. The molecule has 1 aliphatic rings. The van der Waals surface area contributed by atoms with E-state index < -0.39 is 0 Å². The first-order valence-corrected chi connectivity index (χ1v) is 6.34. The van der Waals surface area contributed by atoms with E-state index in [1.54, 1.807) is 0 Å². The van der Waals surface area contributed by atoms with Gasteiger partial charge in [-0.05, 0) is 33.9 Å². The maximum Gasteiger partial charge on any atom is 0.239 e. The zero-order valence-corrected chi connectivity index (χ0v) is 11.3. The van der Waals surface area contributed by atoms with Gasteiger partial charge in [0.25, 0.3) is 0 Å². The van der Waals surface area contributed by atoms with Crippen LogP contribution >= 0.6 is 0 Å². The van der Waals surface area contributed by atoms with E-state index in [1.807, 2.05) is 13.0 Å². The SMILES string of the molecule is Cc1cc(N2CCCC2CN(C)C)nc(NN)n1. The lowest BCUT2D eigenvalue weighted by Gasteiger charge is -2.28. The van der Waals surface area contributed by atoms with Gasteiger partial charge in [0.1, 0.15) is 5.82 Å². The van der Waals surface area contributed by atoms with Crippen molar-refractivity contribution in [3.05, 3.63) is 11.8 Å². The molecule has 0 aliphatic carbocycles. The van der Waals surface area contributed by atoms with E-state index in [-0.39, 0.29) is 0 Å². The van der Waals surface area contributed by atoms with Crippen molar-refractivity contribution in [3.8, 4) is 0 Å². The molecule has 6 heteroatoms. The van der Waals surface area contributed by atoms with Crippen molar-refractivity contribution >= 4 is 11.8 Å². The summed E-state index contributed by atoms with van der Waals surface area (Å²) in [5.41, 5.74) is 3.46. The van der Waals surface area contributed by atoms with E-state index in [1.165, 1.54) is 12.8 Å². The number of nitrogens with two attached hydrogens (primary N) is 1. The molecule has 0 saturated carbocycles. The highest BCUT2D eigenvalue weighted by molar-refractivity contribution is 5.46. The Hall–Kier alpha value is -1.40. The average molecular weight is 250 g/mol. The molecule has 0 radical (unpaired) electrons. The molecule has 2 heterocycles. The van der Waals surface area contributed by atoms with Gasteiger partial charge in [0.2, 0.25) is 5.95 Å². The van der Waals surface area contributed by atoms with E-state index in [2.05, 4.69) is 39.3 Å². The second-order valence-corrected chi connectivity index (χ2v) is 5.09. The number of anilines is 2. The van der Waals surface area contributed by atoms with Crippen LogP contribution in [0.25, 0.3) is 0 Å². The topological polar surface area (TPSA) is 70.3 Å². The molecule has 1 saturated heterocycles. The van der Waals surface area contributed by atoms with Crippen LogP contribution in [-0.4, -0.2) is 48.1 Å². The van der Waals surface area contributed by atoms with Crippen LogP contribution in [0.4, 0.5) is 11.8 Å². The lowest BCUT2D eigenvalue weighted by molar-refractivity contribution is 0.371. The lowest BCUT2D eigenvalue weighted by Crippen LogP contribution is -2.38. The van der Waals surface area contributed by atoms with Crippen LogP contribution in [0.5, 0.6) is 0 Å². The predicted octanol–water partition coefficient (Wildman–Crippen LogP) is 0.601. The Kier molecular flexibility index (Phi) is 3.98. The van der Waals surface area contributed by atoms with Gasteiger partial charge in [-0.1, -0.05) is 0 Å². The van der Waals surface area contributed by atoms with Gasteiger partial charge in [-0.25, -0.2) is 10.8 Å². The molecule has 18 heavy (non-hydrogen) atoms. The number of hydrogen-bond donors (Lipinski definition) is 2. The van der Waals surface area contributed by atoms with Gasteiger partial charge in [-0.2, -0.15) is 4.98 Å². The van der Waals surface area contributed by atoms with Crippen LogP contribution in [0.15, 0.2) is 6.07 Å². The summed E-state index contributed by atoms with van der Waals surface area (Å²) in [7, 11) is 4.21.